The summed E-state index contributed by atoms with van der Waals surface area (Å²) in [6.07, 6.45) is 2.40. The molecule has 5 nitrogen and oxygen atoms in total. The minimum absolute atomic E-state index is 0.189. The number of hydrogen-bond acceptors (Lipinski definition) is 4. The first-order valence-electron chi connectivity index (χ1n) is 7.37. The molecule has 0 radical (unpaired) electrons. The van der Waals surface area contributed by atoms with Gasteiger partial charge in [0, 0.05) is 41.3 Å². The van der Waals surface area contributed by atoms with Crippen molar-refractivity contribution in [2.45, 2.75) is 45.3 Å². The zero-order valence-corrected chi connectivity index (χ0v) is 14.1. The van der Waals surface area contributed by atoms with E-state index in [1.54, 1.807) is 6.07 Å². The summed E-state index contributed by atoms with van der Waals surface area (Å²) in [5, 5.41) is 14.7. The molecule has 1 unspecified atom stereocenters. The van der Waals surface area contributed by atoms with Crippen molar-refractivity contribution in [3.8, 4) is 0 Å². The smallest absolute Gasteiger partial charge is 0.275 e. The van der Waals surface area contributed by atoms with Crippen LogP contribution in [0.15, 0.2) is 22.7 Å². The maximum atomic E-state index is 11.2. The zero-order chi connectivity index (χ0) is 15.4. The van der Waals surface area contributed by atoms with Crippen LogP contribution in [0.1, 0.15) is 32.3 Å². The summed E-state index contributed by atoms with van der Waals surface area (Å²) in [6, 6.07) is 6.16. The average molecular weight is 356 g/mol. The third-order valence-electron chi connectivity index (χ3n) is 3.97. The van der Waals surface area contributed by atoms with Crippen LogP contribution >= 0.6 is 15.9 Å². The van der Waals surface area contributed by atoms with Crippen LogP contribution in [0.5, 0.6) is 0 Å². The molecule has 0 amide bonds. The molecule has 2 rings (SSSR count). The lowest BCUT2D eigenvalue weighted by molar-refractivity contribution is -0.385. The molecule has 1 heterocycles. The molecular formula is C15H22BrN3O2. The van der Waals surface area contributed by atoms with Crippen molar-refractivity contribution in [1.29, 1.82) is 0 Å². The van der Waals surface area contributed by atoms with E-state index in [-0.39, 0.29) is 10.6 Å². The van der Waals surface area contributed by atoms with Gasteiger partial charge >= 0.3 is 0 Å². The standard InChI is InChI=1S/C15H22BrN3O2/c1-11(2)18(10-14-4-3-7-17-14)9-12-5-6-13(16)8-15(12)19(20)21/h5-6,8,11,14,17H,3-4,7,9-10H2,1-2H3. The second-order valence-electron chi connectivity index (χ2n) is 5.85. The Morgan fingerprint density at radius 2 is 2.29 bits per heavy atom. The Kier molecular flexibility index (Phi) is 5.72. The fourth-order valence-electron chi connectivity index (χ4n) is 2.71. The van der Waals surface area contributed by atoms with Gasteiger partial charge in [0.05, 0.1) is 4.92 Å². The van der Waals surface area contributed by atoms with E-state index in [0.29, 0.717) is 18.6 Å². The van der Waals surface area contributed by atoms with Gasteiger partial charge in [-0.15, -0.1) is 0 Å². The molecule has 1 aliphatic rings. The molecule has 6 heteroatoms. The Hall–Kier alpha value is -0.980. The fourth-order valence-corrected chi connectivity index (χ4v) is 3.06. The largest absolute Gasteiger partial charge is 0.313 e. The third-order valence-corrected chi connectivity index (χ3v) is 4.46. The van der Waals surface area contributed by atoms with Crippen molar-refractivity contribution in [1.82, 2.24) is 10.2 Å². The highest BCUT2D eigenvalue weighted by atomic mass is 79.9. The summed E-state index contributed by atoms with van der Waals surface area (Å²) in [5.41, 5.74) is 0.962. The molecule has 1 aromatic rings. The van der Waals surface area contributed by atoms with Gasteiger partial charge < -0.3 is 5.32 Å². The molecule has 1 aromatic carbocycles. The summed E-state index contributed by atoms with van der Waals surface area (Å²) in [5.74, 6) is 0. The predicted octanol–water partition coefficient (Wildman–Crippen LogP) is 3.32. The third kappa shape index (κ3) is 4.49. The first kappa shape index (κ1) is 16.4. The summed E-state index contributed by atoms with van der Waals surface area (Å²) in [6.45, 7) is 6.90. The topological polar surface area (TPSA) is 58.4 Å². The van der Waals surface area contributed by atoms with E-state index in [1.807, 2.05) is 12.1 Å². The Morgan fingerprint density at radius 3 is 2.86 bits per heavy atom. The van der Waals surface area contributed by atoms with Crippen molar-refractivity contribution in [2.75, 3.05) is 13.1 Å². The number of nitro groups is 1. The molecule has 1 atom stereocenters. The Labute approximate surface area is 134 Å². The second kappa shape index (κ2) is 7.33. The fraction of sp³-hybridized carbons (Fsp3) is 0.600. The molecule has 116 valence electrons. The lowest BCUT2D eigenvalue weighted by Crippen LogP contribution is -2.40. The van der Waals surface area contributed by atoms with Crippen LogP contribution in [0, 0.1) is 10.1 Å². The molecule has 1 aliphatic heterocycles. The van der Waals surface area contributed by atoms with Gasteiger partial charge in [-0.1, -0.05) is 15.9 Å². The van der Waals surface area contributed by atoms with E-state index in [9.17, 15) is 10.1 Å². The molecule has 1 N–H and O–H groups in total. The van der Waals surface area contributed by atoms with Crippen molar-refractivity contribution >= 4 is 21.6 Å². The van der Waals surface area contributed by atoms with Crippen molar-refractivity contribution in [3.63, 3.8) is 0 Å². The van der Waals surface area contributed by atoms with E-state index >= 15 is 0 Å². The Bertz CT molecular complexity index is 502. The predicted molar refractivity (Wildman–Crippen MR) is 87.4 cm³/mol. The minimum Gasteiger partial charge on any atom is -0.313 e. The average Bonchev–Trinajstić information content (AvgIpc) is 2.92. The quantitative estimate of drug-likeness (QED) is 0.628. The zero-order valence-electron chi connectivity index (χ0n) is 12.5. The number of benzene rings is 1. The van der Waals surface area contributed by atoms with E-state index in [4.69, 9.17) is 0 Å². The summed E-state index contributed by atoms with van der Waals surface area (Å²) >= 11 is 3.30. The van der Waals surface area contributed by atoms with Crippen molar-refractivity contribution in [2.24, 2.45) is 0 Å². The Morgan fingerprint density at radius 1 is 1.52 bits per heavy atom. The van der Waals surface area contributed by atoms with E-state index in [0.717, 1.165) is 23.1 Å². The van der Waals surface area contributed by atoms with Gasteiger partial charge in [-0.05, 0) is 45.4 Å². The van der Waals surface area contributed by atoms with Crippen LogP contribution in [0.2, 0.25) is 0 Å². The highest BCUT2D eigenvalue weighted by Crippen LogP contribution is 2.25. The van der Waals surface area contributed by atoms with Gasteiger partial charge in [-0.2, -0.15) is 0 Å². The van der Waals surface area contributed by atoms with E-state index in [1.165, 1.54) is 12.8 Å². The van der Waals surface area contributed by atoms with Gasteiger partial charge in [0.15, 0.2) is 0 Å². The number of rotatable bonds is 6. The monoisotopic (exact) mass is 355 g/mol. The molecule has 0 bridgehead atoms. The van der Waals surface area contributed by atoms with Gasteiger partial charge in [-0.3, -0.25) is 15.0 Å². The summed E-state index contributed by atoms with van der Waals surface area (Å²) < 4.78 is 0.742. The normalized spacial score (nSPS) is 18.6. The molecule has 0 aromatic heterocycles. The van der Waals surface area contributed by atoms with Crippen molar-refractivity contribution < 1.29 is 4.92 Å². The van der Waals surface area contributed by atoms with Gasteiger partial charge in [-0.25, -0.2) is 0 Å². The Balaban J connectivity index is 2.14. The van der Waals surface area contributed by atoms with E-state index < -0.39 is 0 Å². The number of halogens is 1. The maximum Gasteiger partial charge on any atom is 0.275 e. The molecule has 0 saturated carbocycles. The molecule has 0 aliphatic carbocycles. The van der Waals surface area contributed by atoms with Crippen LogP contribution in [0.4, 0.5) is 5.69 Å². The van der Waals surface area contributed by atoms with Gasteiger partial charge in [0.1, 0.15) is 0 Å². The SMILES string of the molecule is CC(C)N(Cc1ccc(Br)cc1[N+](=O)[O-])CC1CCCN1. The summed E-state index contributed by atoms with van der Waals surface area (Å²) in [7, 11) is 0. The number of nitrogens with one attached hydrogen (secondary N) is 1. The van der Waals surface area contributed by atoms with Crippen LogP contribution in [0.3, 0.4) is 0 Å². The first-order chi connectivity index (χ1) is 9.97. The van der Waals surface area contributed by atoms with Crippen LogP contribution < -0.4 is 5.32 Å². The highest BCUT2D eigenvalue weighted by Gasteiger charge is 2.22. The van der Waals surface area contributed by atoms with E-state index in [2.05, 4.69) is 40.0 Å². The van der Waals surface area contributed by atoms with Crippen LogP contribution in [0.25, 0.3) is 0 Å². The van der Waals surface area contributed by atoms with Crippen molar-refractivity contribution in [3.05, 3.63) is 38.3 Å². The second-order valence-corrected chi connectivity index (χ2v) is 6.76. The number of hydrogen-bond donors (Lipinski definition) is 1. The molecule has 0 spiro atoms. The van der Waals surface area contributed by atoms with Gasteiger partial charge in [0.25, 0.3) is 5.69 Å². The lowest BCUT2D eigenvalue weighted by atomic mass is 10.1. The highest BCUT2D eigenvalue weighted by molar-refractivity contribution is 9.10. The molecular weight excluding hydrogens is 334 g/mol. The molecule has 21 heavy (non-hydrogen) atoms. The molecule has 1 saturated heterocycles. The number of nitro benzene ring substituents is 1. The lowest BCUT2D eigenvalue weighted by Gasteiger charge is -2.29. The number of nitrogens with zero attached hydrogens (tertiary/aromatic N) is 2. The minimum atomic E-state index is -0.299. The van der Waals surface area contributed by atoms with Crippen LogP contribution in [-0.4, -0.2) is 35.0 Å². The summed E-state index contributed by atoms with van der Waals surface area (Å²) in [4.78, 5) is 13.2. The first-order valence-corrected chi connectivity index (χ1v) is 8.17. The van der Waals surface area contributed by atoms with Crippen LogP contribution in [-0.2, 0) is 6.54 Å². The maximum absolute atomic E-state index is 11.2. The van der Waals surface area contributed by atoms with Gasteiger partial charge in [0.2, 0.25) is 0 Å². The molecule has 1 fully saturated rings.